The molecule has 3 amide bonds. The van der Waals surface area contributed by atoms with Gasteiger partial charge in [0.2, 0.25) is 17.7 Å². The molecule has 9 nitrogen and oxygen atoms in total. The van der Waals surface area contributed by atoms with E-state index in [0.717, 1.165) is 51.1 Å². The number of carbonyl (C=O) groups is 3. The molecule has 1 saturated carbocycles. The van der Waals surface area contributed by atoms with Crippen molar-refractivity contribution in [1.82, 2.24) is 20.4 Å². The normalized spacial score (nSPS) is 27.1. The second kappa shape index (κ2) is 11.8. The number of nitrogens with zero attached hydrogens (tertiary/aromatic N) is 2. The number of hydrogen-bond donors (Lipinski definition) is 2. The highest BCUT2D eigenvalue weighted by molar-refractivity contribution is 5.90. The van der Waals surface area contributed by atoms with Crippen LogP contribution in [0.4, 0.5) is 0 Å². The standard InChI is InChI=1S/C31H46N4O5/c1-21(40-17-23-8-6-5-7-9-23)26(28(37)32-4)33-27(36)25-16-34(15-22-10-12-39-13-11-22)18-31(25)19-35(20-31)29(38)24-14-30(24,2)3/h5-9,21-22,24-26H,10-20H2,1-4H3,(H,32,37)(H,33,36)/t21-,24-,25+,26+/m1/s1. The predicted octanol–water partition coefficient (Wildman–Crippen LogP) is 2.06. The molecule has 2 N–H and O–H groups in total. The average molecular weight is 555 g/mol. The lowest BCUT2D eigenvalue weighted by Gasteiger charge is -2.51. The number of amides is 3. The Bertz CT molecular complexity index is 1070. The van der Waals surface area contributed by atoms with Crippen molar-refractivity contribution in [2.45, 2.75) is 58.8 Å². The van der Waals surface area contributed by atoms with Gasteiger partial charge in [-0.2, -0.15) is 0 Å². The fourth-order valence-electron chi connectivity index (χ4n) is 6.87. The van der Waals surface area contributed by atoms with E-state index in [1.54, 1.807) is 7.05 Å². The van der Waals surface area contributed by atoms with Gasteiger partial charge >= 0.3 is 0 Å². The van der Waals surface area contributed by atoms with E-state index in [1.165, 1.54) is 0 Å². The summed E-state index contributed by atoms with van der Waals surface area (Å²) in [5.74, 6) is 0.180. The molecule has 0 radical (unpaired) electrons. The number of benzene rings is 1. The number of likely N-dealkylation sites (tertiary alicyclic amines) is 2. The summed E-state index contributed by atoms with van der Waals surface area (Å²) >= 11 is 0. The molecule has 3 saturated heterocycles. The molecular weight excluding hydrogens is 508 g/mol. The first-order chi connectivity index (χ1) is 19.1. The van der Waals surface area contributed by atoms with Gasteiger partial charge in [-0.15, -0.1) is 0 Å². The van der Waals surface area contributed by atoms with Crippen LogP contribution in [-0.4, -0.2) is 92.7 Å². The number of ether oxygens (including phenoxy) is 2. The van der Waals surface area contributed by atoms with Gasteiger partial charge in [0.1, 0.15) is 6.04 Å². The average Bonchev–Trinajstić information content (AvgIpc) is 3.41. The van der Waals surface area contributed by atoms with Crippen LogP contribution in [0.2, 0.25) is 0 Å². The van der Waals surface area contributed by atoms with Crippen LogP contribution in [0.15, 0.2) is 30.3 Å². The van der Waals surface area contributed by atoms with Crippen LogP contribution in [0.25, 0.3) is 0 Å². The molecule has 1 aliphatic carbocycles. The fourth-order valence-corrected chi connectivity index (χ4v) is 6.87. The van der Waals surface area contributed by atoms with E-state index in [4.69, 9.17) is 9.47 Å². The van der Waals surface area contributed by atoms with Crippen molar-refractivity contribution in [3.8, 4) is 0 Å². The summed E-state index contributed by atoms with van der Waals surface area (Å²) in [7, 11) is 1.58. The Kier molecular flexibility index (Phi) is 8.55. The van der Waals surface area contributed by atoms with Crippen LogP contribution in [0.1, 0.15) is 45.6 Å². The Labute approximate surface area is 238 Å². The highest BCUT2D eigenvalue weighted by Gasteiger charge is 2.61. The van der Waals surface area contributed by atoms with Gasteiger partial charge in [0.15, 0.2) is 0 Å². The molecule has 9 heteroatoms. The van der Waals surface area contributed by atoms with Crippen LogP contribution < -0.4 is 10.6 Å². The van der Waals surface area contributed by atoms with Crippen LogP contribution in [0, 0.1) is 28.6 Å². The third kappa shape index (κ3) is 6.21. The van der Waals surface area contributed by atoms with E-state index >= 15 is 0 Å². The van der Waals surface area contributed by atoms with Gasteiger partial charge in [-0.05, 0) is 43.1 Å². The molecule has 3 aliphatic heterocycles. The van der Waals surface area contributed by atoms with Gasteiger partial charge in [0.25, 0.3) is 0 Å². The van der Waals surface area contributed by atoms with Crippen molar-refractivity contribution in [2.75, 3.05) is 53.0 Å². The van der Waals surface area contributed by atoms with Crippen molar-refractivity contribution in [2.24, 2.45) is 28.6 Å². The second-order valence-corrected chi connectivity index (χ2v) is 13.2. The van der Waals surface area contributed by atoms with Gasteiger partial charge in [0.05, 0.1) is 18.6 Å². The monoisotopic (exact) mass is 554 g/mol. The maximum Gasteiger partial charge on any atom is 0.245 e. The first-order valence-electron chi connectivity index (χ1n) is 14.9. The largest absolute Gasteiger partial charge is 0.381 e. The molecule has 4 aliphatic rings. The van der Waals surface area contributed by atoms with Crippen molar-refractivity contribution >= 4 is 17.7 Å². The third-order valence-electron chi connectivity index (χ3n) is 9.68. The predicted molar refractivity (Wildman–Crippen MR) is 151 cm³/mol. The van der Waals surface area contributed by atoms with E-state index in [-0.39, 0.29) is 40.4 Å². The molecule has 0 aromatic heterocycles. The first-order valence-corrected chi connectivity index (χ1v) is 14.9. The van der Waals surface area contributed by atoms with Crippen LogP contribution in [0.3, 0.4) is 0 Å². The summed E-state index contributed by atoms with van der Waals surface area (Å²) in [5, 5.41) is 5.75. The number of hydrogen-bond acceptors (Lipinski definition) is 6. The molecule has 220 valence electrons. The zero-order valence-electron chi connectivity index (χ0n) is 24.5. The highest BCUT2D eigenvalue weighted by Crippen LogP contribution is 2.54. The highest BCUT2D eigenvalue weighted by atomic mass is 16.5. The van der Waals surface area contributed by atoms with Gasteiger partial charge < -0.3 is 29.9 Å². The SMILES string of the molecule is CNC(=O)[C@@H](NC(=O)[C@@H]1CN(CC2CCOCC2)CC12CN(C(=O)[C@H]1CC1(C)C)C2)[C@@H](C)OCc1ccccc1. The molecule has 0 bridgehead atoms. The molecule has 1 spiro atoms. The van der Waals surface area contributed by atoms with Crippen LogP contribution in [-0.2, 0) is 30.5 Å². The van der Waals surface area contributed by atoms with Crippen molar-refractivity contribution in [3.63, 3.8) is 0 Å². The number of rotatable bonds is 10. The molecule has 0 unspecified atom stereocenters. The number of nitrogens with one attached hydrogen (secondary N) is 2. The maximum atomic E-state index is 13.9. The minimum atomic E-state index is -0.812. The first kappa shape index (κ1) is 29.0. The van der Waals surface area contributed by atoms with Gasteiger partial charge in [-0.3, -0.25) is 14.4 Å². The maximum absolute atomic E-state index is 13.9. The Balaban J connectivity index is 1.26. The van der Waals surface area contributed by atoms with Gasteiger partial charge in [-0.1, -0.05) is 44.2 Å². The van der Waals surface area contributed by atoms with Crippen LogP contribution in [0.5, 0.6) is 0 Å². The zero-order chi connectivity index (χ0) is 28.5. The summed E-state index contributed by atoms with van der Waals surface area (Å²) in [6.07, 6.45) is 2.49. The Morgan fingerprint density at radius 2 is 1.75 bits per heavy atom. The lowest BCUT2D eigenvalue weighted by atomic mass is 9.70. The van der Waals surface area contributed by atoms with E-state index in [1.807, 2.05) is 42.2 Å². The molecule has 1 aromatic carbocycles. The van der Waals surface area contributed by atoms with Crippen molar-refractivity contribution in [3.05, 3.63) is 35.9 Å². The molecule has 1 aromatic rings. The van der Waals surface area contributed by atoms with Gasteiger partial charge in [-0.25, -0.2) is 0 Å². The summed E-state index contributed by atoms with van der Waals surface area (Å²) in [4.78, 5) is 44.3. The topological polar surface area (TPSA) is 100 Å². The smallest absolute Gasteiger partial charge is 0.245 e. The summed E-state index contributed by atoms with van der Waals surface area (Å²) in [6, 6.07) is 8.98. The second-order valence-electron chi connectivity index (χ2n) is 13.2. The Morgan fingerprint density at radius 3 is 2.38 bits per heavy atom. The van der Waals surface area contributed by atoms with E-state index in [2.05, 4.69) is 29.4 Å². The third-order valence-corrected chi connectivity index (χ3v) is 9.68. The molecule has 4 fully saturated rings. The number of likely N-dealkylation sites (N-methyl/N-ethyl adjacent to an activating group) is 1. The van der Waals surface area contributed by atoms with Crippen molar-refractivity contribution in [1.29, 1.82) is 0 Å². The Morgan fingerprint density at radius 1 is 1.07 bits per heavy atom. The fraction of sp³-hybridized carbons (Fsp3) is 0.710. The number of carbonyl (C=O) groups excluding carboxylic acids is 3. The quantitative estimate of drug-likeness (QED) is 0.459. The molecular formula is C31H46N4O5. The molecule has 5 rings (SSSR count). The lowest BCUT2D eigenvalue weighted by molar-refractivity contribution is -0.152. The van der Waals surface area contributed by atoms with E-state index in [0.29, 0.717) is 32.2 Å². The summed E-state index contributed by atoms with van der Waals surface area (Å²) < 4.78 is 11.6. The van der Waals surface area contributed by atoms with Gasteiger partial charge in [0, 0.05) is 64.3 Å². The van der Waals surface area contributed by atoms with E-state index in [9.17, 15) is 14.4 Å². The molecule has 4 atom stereocenters. The van der Waals surface area contributed by atoms with E-state index < -0.39 is 12.1 Å². The Hall–Kier alpha value is -2.49. The lowest BCUT2D eigenvalue weighted by Crippen LogP contribution is -2.65. The molecule has 3 heterocycles. The minimum Gasteiger partial charge on any atom is -0.381 e. The summed E-state index contributed by atoms with van der Waals surface area (Å²) in [6.45, 7) is 11.6. The van der Waals surface area contributed by atoms with Crippen LogP contribution >= 0.6 is 0 Å². The van der Waals surface area contributed by atoms with Crippen molar-refractivity contribution < 1.29 is 23.9 Å². The summed E-state index contributed by atoms with van der Waals surface area (Å²) in [5.41, 5.74) is 0.802. The minimum absolute atomic E-state index is 0.0814. The molecule has 40 heavy (non-hydrogen) atoms. The zero-order valence-corrected chi connectivity index (χ0v) is 24.5.